The molecule has 2 aromatic rings. The van der Waals surface area contributed by atoms with Crippen molar-refractivity contribution in [3.63, 3.8) is 0 Å². The van der Waals surface area contributed by atoms with Gasteiger partial charge in [0.25, 0.3) is 0 Å². The van der Waals surface area contributed by atoms with Crippen LogP contribution >= 0.6 is 0 Å². The Morgan fingerprint density at radius 2 is 1.83 bits per heavy atom. The minimum Gasteiger partial charge on any atom is -0.388 e. The summed E-state index contributed by atoms with van der Waals surface area (Å²) in [5.74, 6) is 0.750. The van der Waals surface area contributed by atoms with Gasteiger partial charge in [-0.1, -0.05) is 36.4 Å². The van der Waals surface area contributed by atoms with Gasteiger partial charge in [0.15, 0.2) is 0 Å². The molecule has 1 saturated heterocycles. The highest BCUT2D eigenvalue weighted by molar-refractivity contribution is 5.88. The molecule has 2 amide bonds. The lowest BCUT2D eigenvalue weighted by Crippen LogP contribution is -2.42. The average molecular weight is 311 g/mol. The van der Waals surface area contributed by atoms with Crippen molar-refractivity contribution < 1.29 is 9.90 Å². The van der Waals surface area contributed by atoms with Gasteiger partial charge in [-0.05, 0) is 36.5 Å². The normalized spacial score (nSPS) is 16.8. The fraction of sp³-hybridized carbons (Fsp3) is 0.333. The maximum atomic E-state index is 12.2. The van der Waals surface area contributed by atoms with E-state index in [9.17, 15) is 9.90 Å². The molecular formula is C18H21N3O2. The average Bonchev–Trinajstić information content (AvgIpc) is 2.63. The molecule has 2 heterocycles. The van der Waals surface area contributed by atoms with Crippen LogP contribution in [0.25, 0.3) is 0 Å². The van der Waals surface area contributed by atoms with Gasteiger partial charge in [-0.15, -0.1) is 0 Å². The van der Waals surface area contributed by atoms with E-state index in [0.29, 0.717) is 18.9 Å². The number of pyridine rings is 1. The van der Waals surface area contributed by atoms with Crippen LogP contribution in [0.3, 0.4) is 0 Å². The number of aromatic nitrogens is 1. The maximum absolute atomic E-state index is 12.2. The molecule has 0 radical (unpaired) electrons. The van der Waals surface area contributed by atoms with Crippen LogP contribution in [0.1, 0.15) is 24.5 Å². The molecule has 120 valence electrons. The summed E-state index contributed by atoms with van der Waals surface area (Å²) in [6.45, 7) is 1.29. The number of carbonyl (C=O) groups excluding carboxylic acids is 1. The van der Waals surface area contributed by atoms with E-state index in [1.807, 2.05) is 42.5 Å². The third-order valence-corrected chi connectivity index (χ3v) is 4.31. The van der Waals surface area contributed by atoms with Gasteiger partial charge in [-0.2, -0.15) is 0 Å². The summed E-state index contributed by atoms with van der Waals surface area (Å²) in [7, 11) is 0. The van der Waals surface area contributed by atoms with E-state index in [2.05, 4.69) is 10.3 Å². The third-order valence-electron chi connectivity index (χ3n) is 4.31. The Balaban J connectivity index is 1.53. The molecule has 3 rings (SSSR count). The molecule has 0 aliphatic carbocycles. The van der Waals surface area contributed by atoms with Crippen molar-refractivity contribution in [2.75, 3.05) is 18.4 Å². The number of urea groups is 1. The van der Waals surface area contributed by atoms with Gasteiger partial charge >= 0.3 is 6.03 Å². The van der Waals surface area contributed by atoms with Crippen molar-refractivity contribution in [1.29, 1.82) is 0 Å². The maximum Gasteiger partial charge on any atom is 0.323 e. The number of carbonyl (C=O) groups is 1. The second-order valence-electron chi connectivity index (χ2n) is 5.83. The molecule has 1 aliphatic rings. The standard InChI is InChI=1S/C18H21N3O2/c22-17(14-6-2-1-3-7-14)15-9-12-21(13-10-15)18(23)20-16-8-4-5-11-19-16/h1-8,11,15,17,22H,9-10,12-13H2,(H,19,20,23)/t17-/m0/s1. The summed E-state index contributed by atoms with van der Waals surface area (Å²) < 4.78 is 0. The molecule has 5 nitrogen and oxygen atoms in total. The quantitative estimate of drug-likeness (QED) is 0.915. The van der Waals surface area contributed by atoms with E-state index in [4.69, 9.17) is 0 Å². The minimum absolute atomic E-state index is 0.128. The van der Waals surface area contributed by atoms with E-state index in [1.54, 1.807) is 17.2 Å². The zero-order valence-corrected chi connectivity index (χ0v) is 12.9. The van der Waals surface area contributed by atoms with Gasteiger partial charge in [0.05, 0.1) is 6.10 Å². The van der Waals surface area contributed by atoms with Crippen molar-refractivity contribution in [1.82, 2.24) is 9.88 Å². The van der Waals surface area contributed by atoms with Crippen LogP contribution in [-0.4, -0.2) is 34.1 Å². The molecule has 23 heavy (non-hydrogen) atoms. The number of nitrogens with one attached hydrogen (secondary N) is 1. The summed E-state index contributed by atoms with van der Waals surface area (Å²) in [6, 6.07) is 15.0. The molecule has 1 aliphatic heterocycles. The molecule has 0 bridgehead atoms. The summed E-state index contributed by atoms with van der Waals surface area (Å²) in [5, 5.41) is 13.3. The van der Waals surface area contributed by atoms with E-state index < -0.39 is 6.10 Å². The van der Waals surface area contributed by atoms with E-state index in [-0.39, 0.29) is 11.9 Å². The van der Waals surface area contributed by atoms with Crippen LogP contribution in [0.15, 0.2) is 54.7 Å². The molecule has 5 heteroatoms. The number of nitrogens with zero attached hydrogens (tertiary/aromatic N) is 2. The van der Waals surface area contributed by atoms with Crippen LogP contribution in [0, 0.1) is 5.92 Å². The predicted octanol–water partition coefficient (Wildman–Crippen LogP) is 3.06. The fourth-order valence-corrected chi connectivity index (χ4v) is 2.97. The van der Waals surface area contributed by atoms with Crippen LogP contribution in [0.5, 0.6) is 0 Å². The first-order chi connectivity index (χ1) is 11.2. The minimum atomic E-state index is -0.461. The van der Waals surface area contributed by atoms with E-state index in [1.165, 1.54) is 0 Å². The van der Waals surface area contributed by atoms with Crippen LogP contribution in [0.4, 0.5) is 10.6 Å². The Kier molecular flexibility index (Phi) is 4.88. The highest BCUT2D eigenvalue weighted by Crippen LogP contribution is 2.30. The van der Waals surface area contributed by atoms with Crippen molar-refractivity contribution in [3.05, 3.63) is 60.3 Å². The lowest BCUT2D eigenvalue weighted by molar-refractivity contribution is 0.0683. The van der Waals surface area contributed by atoms with Crippen LogP contribution < -0.4 is 5.32 Å². The van der Waals surface area contributed by atoms with Crippen LogP contribution in [0.2, 0.25) is 0 Å². The lowest BCUT2D eigenvalue weighted by atomic mass is 9.87. The Hall–Kier alpha value is -2.40. The van der Waals surface area contributed by atoms with E-state index in [0.717, 1.165) is 18.4 Å². The molecule has 0 spiro atoms. The molecule has 1 aromatic heterocycles. The number of benzene rings is 1. The SMILES string of the molecule is O=C(Nc1ccccn1)N1CCC([C@@H](O)c2ccccc2)CC1. The first-order valence-electron chi connectivity index (χ1n) is 7.94. The summed E-state index contributed by atoms with van der Waals surface area (Å²) >= 11 is 0. The van der Waals surface area contributed by atoms with Gasteiger partial charge in [-0.3, -0.25) is 5.32 Å². The van der Waals surface area contributed by atoms with Gasteiger partial charge in [0, 0.05) is 19.3 Å². The number of anilines is 1. The topological polar surface area (TPSA) is 65.5 Å². The molecule has 1 atom stereocenters. The molecule has 0 unspecified atom stereocenters. The number of amides is 2. The first kappa shape index (κ1) is 15.5. The lowest BCUT2D eigenvalue weighted by Gasteiger charge is -2.34. The number of hydrogen-bond acceptors (Lipinski definition) is 3. The zero-order chi connectivity index (χ0) is 16.1. The van der Waals surface area contributed by atoms with Crippen LogP contribution in [-0.2, 0) is 0 Å². The monoisotopic (exact) mass is 311 g/mol. The predicted molar refractivity (Wildman–Crippen MR) is 89.0 cm³/mol. The number of aliphatic hydroxyl groups is 1. The van der Waals surface area contributed by atoms with Gasteiger partial charge in [0.1, 0.15) is 5.82 Å². The number of piperidine rings is 1. The van der Waals surface area contributed by atoms with Crippen molar-refractivity contribution in [3.8, 4) is 0 Å². The zero-order valence-electron chi connectivity index (χ0n) is 12.9. The van der Waals surface area contributed by atoms with Crippen molar-refractivity contribution in [2.24, 2.45) is 5.92 Å². The molecule has 1 fully saturated rings. The first-order valence-corrected chi connectivity index (χ1v) is 7.94. The highest BCUT2D eigenvalue weighted by Gasteiger charge is 2.28. The molecular weight excluding hydrogens is 290 g/mol. The van der Waals surface area contributed by atoms with Gasteiger partial charge in [-0.25, -0.2) is 9.78 Å². The smallest absolute Gasteiger partial charge is 0.323 e. The number of aliphatic hydroxyl groups excluding tert-OH is 1. The Labute approximate surface area is 136 Å². The summed E-state index contributed by atoms with van der Waals surface area (Å²) in [5.41, 5.74) is 0.948. The number of likely N-dealkylation sites (tertiary alicyclic amines) is 1. The van der Waals surface area contributed by atoms with E-state index >= 15 is 0 Å². The van der Waals surface area contributed by atoms with Gasteiger partial charge < -0.3 is 10.0 Å². The molecule has 2 N–H and O–H groups in total. The second kappa shape index (κ2) is 7.24. The molecule has 1 aromatic carbocycles. The second-order valence-corrected chi connectivity index (χ2v) is 5.83. The largest absolute Gasteiger partial charge is 0.388 e. The third kappa shape index (κ3) is 3.87. The van der Waals surface area contributed by atoms with Crippen molar-refractivity contribution >= 4 is 11.8 Å². The molecule has 0 saturated carbocycles. The Morgan fingerprint density at radius 3 is 2.48 bits per heavy atom. The Bertz CT molecular complexity index is 625. The van der Waals surface area contributed by atoms with Crippen molar-refractivity contribution in [2.45, 2.75) is 18.9 Å². The van der Waals surface area contributed by atoms with Gasteiger partial charge in [0.2, 0.25) is 0 Å². The highest BCUT2D eigenvalue weighted by atomic mass is 16.3. The summed E-state index contributed by atoms with van der Waals surface area (Å²) in [4.78, 5) is 18.1. The number of hydrogen-bond donors (Lipinski definition) is 2. The number of rotatable bonds is 3. The fourth-order valence-electron chi connectivity index (χ4n) is 2.97. The summed E-state index contributed by atoms with van der Waals surface area (Å²) in [6.07, 6.45) is 2.78. The Morgan fingerprint density at radius 1 is 1.13 bits per heavy atom.